The summed E-state index contributed by atoms with van der Waals surface area (Å²) in [5.74, 6) is 5.37. The highest BCUT2D eigenvalue weighted by molar-refractivity contribution is 5.65. The molecule has 2 rings (SSSR count). The first-order valence-corrected chi connectivity index (χ1v) is 6.64. The Balaban J connectivity index is 1.94. The standard InChI is InChI=1S/C13H19N3O4/c14-15-13-10(4-3-6-12(13)16(17)18)8-19-9-11-5-1-2-7-20-11/h3-4,6,11,15H,1-2,5,7-9,14H2. The Bertz CT molecular complexity index is 461. The zero-order valence-electron chi connectivity index (χ0n) is 11.2. The van der Waals surface area contributed by atoms with Gasteiger partial charge in [-0.15, -0.1) is 0 Å². The average Bonchev–Trinajstić information content (AvgIpc) is 2.48. The van der Waals surface area contributed by atoms with Gasteiger partial charge < -0.3 is 14.9 Å². The third-order valence-corrected chi connectivity index (χ3v) is 3.31. The summed E-state index contributed by atoms with van der Waals surface area (Å²) in [6, 6.07) is 4.78. The van der Waals surface area contributed by atoms with Crippen LogP contribution < -0.4 is 11.3 Å². The van der Waals surface area contributed by atoms with E-state index < -0.39 is 4.92 Å². The molecule has 0 aliphatic carbocycles. The summed E-state index contributed by atoms with van der Waals surface area (Å²) in [7, 11) is 0. The van der Waals surface area contributed by atoms with E-state index in [1.54, 1.807) is 12.1 Å². The summed E-state index contributed by atoms with van der Waals surface area (Å²) in [6.07, 6.45) is 3.37. The minimum atomic E-state index is -0.469. The molecule has 1 fully saturated rings. The lowest BCUT2D eigenvalue weighted by Gasteiger charge is -2.22. The Kier molecular flexibility index (Phi) is 5.28. The van der Waals surface area contributed by atoms with Crippen LogP contribution in [0, 0.1) is 10.1 Å². The molecule has 0 saturated carbocycles. The number of nitro groups is 1. The smallest absolute Gasteiger partial charge is 0.294 e. The molecular weight excluding hydrogens is 262 g/mol. The van der Waals surface area contributed by atoms with E-state index in [1.807, 2.05) is 0 Å². The fourth-order valence-corrected chi connectivity index (χ4v) is 2.26. The summed E-state index contributed by atoms with van der Waals surface area (Å²) < 4.78 is 11.2. The second-order valence-electron chi connectivity index (χ2n) is 4.72. The van der Waals surface area contributed by atoms with Crippen molar-refractivity contribution in [2.45, 2.75) is 32.0 Å². The number of rotatable bonds is 6. The second kappa shape index (κ2) is 7.18. The predicted octanol–water partition coefficient (Wildman–Crippen LogP) is 1.97. The van der Waals surface area contributed by atoms with Gasteiger partial charge in [0.05, 0.1) is 24.2 Å². The van der Waals surface area contributed by atoms with Crippen LogP contribution in [0.4, 0.5) is 11.4 Å². The number of nitrogen functional groups attached to an aromatic ring is 1. The van der Waals surface area contributed by atoms with E-state index in [9.17, 15) is 10.1 Å². The molecule has 1 aromatic rings. The number of hydrogen-bond acceptors (Lipinski definition) is 6. The zero-order valence-corrected chi connectivity index (χ0v) is 11.2. The monoisotopic (exact) mass is 281 g/mol. The van der Waals surface area contributed by atoms with Gasteiger partial charge in [0.1, 0.15) is 5.69 Å². The molecule has 20 heavy (non-hydrogen) atoms. The van der Waals surface area contributed by atoms with Crippen LogP contribution in [0.3, 0.4) is 0 Å². The Labute approximate surface area is 117 Å². The Hall–Kier alpha value is -1.70. The fourth-order valence-electron chi connectivity index (χ4n) is 2.26. The Morgan fingerprint density at radius 3 is 3.00 bits per heavy atom. The average molecular weight is 281 g/mol. The van der Waals surface area contributed by atoms with Crippen molar-refractivity contribution in [1.82, 2.24) is 0 Å². The highest BCUT2D eigenvalue weighted by Gasteiger charge is 2.18. The van der Waals surface area contributed by atoms with Crippen LogP contribution in [0.1, 0.15) is 24.8 Å². The molecule has 1 heterocycles. The number of anilines is 1. The molecule has 110 valence electrons. The molecule has 0 radical (unpaired) electrons. The molecule has 0 amide bonds. The van der Waals surface area contributed by atoms with E-state index in [4.69, 9.17) is 15.3 Å². The third kappa shape index (κ3) is 3.66. The molecule has 0 bridgehead atoms. The van der Waals surface area contributed by atoms with Gasteiger partial charge in [-0.25, -0.2) is 0 Å². The maximum absolute atomic E-state index is 10.9. The number of nitrogens with one attached hydrogen (secondary N) is 1. The highest BCUT2D eigenvalue weighted by atomic mass is 16.6. The second-order valence-corrected chi connectivity index (χ2v) is 4.72. The van der Waals surface area contributed by atoms with Crippen LogP contribution in [0.25, 0.3) is 0 Å². The highest BCUT2D eigenvalue weighted by Crippen LogP contribution is 2.28. The van der Waals surface area contributed by atoms with Crippen LogP contribution in [0.2, 0.25) is 0 Å². The normalized spacial score (nSPS) is 18.8. The van der Waals surface area contributed by atoms with Crippen molar-refractivity contribution in [3.05, 3.63) is 33.9 Å². The van der Waals surface area contributed by atoms with Crippen LogP contribution >= 0.6 is 0 Å². The number of nitro benzene ring substituents is 1. The van der Waals surface area contributed by atoms with Crippen molar-refractivity contribution in [1.29, 1.82) is 0 Å². The first-order valence-electron chi connectivity index (χ1n) is 6.64. The largest absolute Gasteiger partial charge is 0.376 e. The zero-order chi connectivity index (χ0) is 14.4. The van der Waals surface area contributed by atoms with E-state index in [1.165, 1.54) is 6.07 Å². The summed E-state index contributed by atoms with van der Waals surface area (Å²) in [6.45, 7) is 1.54. The Morgan fingerprint density at radius 1 is 1.50 bits per heavy atom. The molecule has 7 heteroatoms. The fraction of sp³-hybridized carbons (Fsp3) is 0.538. The van der Waals surface area contributed by atoms with E-state index >= 15 is 0 Å². The molecule has 3 N–H and O–H groups in total. The lowest BCUT2D eigenvalue weighted by molar-refractivity contribution is -0.384. The molecule has 0 spiro atoms. The van der Waals surface area contributed by atoms with Crippen LogP contribution in [-0.2, 0) is 16.1 Å². The summed E-state index contributed by atoms with van der Waals surface area (Å²) >= 11 is 0. The molecule has 1 atom stereocenters. The molecule has 7 nitrogen and oxygen atoms in total. The number of nitrogens with two attached hydrogens (primary N) is 1. The lowest BCUT2D eigenvalue weighted by Crippen LogP contribution is -2.24. The minimum absolute atomic E-state index is 0.0532. The number of para-hydroxylation sites is 1. The molecule has 0 aromatic heterocycles. The molecular formula is C13H19N3O4. The summed E-state index contributed by atoms with van der Waals surface area (Å²) in [5, 5.41) is 10.9. The minimum Gasteiger partial charge on any atom is -0.376 e. The van der Waals surface area contributed by atoms with Gasteiger partial charge in [-0.2, -0.15) is 0 Å². The van der Waals surface area contributed by atoms with Crippen molar-refractivity contribution in [2.24, 2.45) is 5.84 Å². The van der Waals surface area contributed by atoms with Crippen molar-refractivity contribution in [3.63, 3.8) is 0 Å². The van der Waals surface area contributed by atoms with Gasteiger partial charge >= 0.3 is 0 Å². The topological polar surface area (TPSA) is 99.7 Å². The van der Waals surface area contributed by atoms with Crippen molar-refractivity contribution >= 4 is 11.4 Å². The number of hydrazine groups is 1. The van der Waals surface area contributed by atoms with Gasteiger partial charge in [-0.05, 0) is 19.3 Å². The van der Waals surface area contributed by atoms with E-state index in [-0.39, 0.29) is 18.4 Å². The Morgan fingerprint density at radius 2 is 2.35 bits per heavy atom. The number of benzene rings is 1. The maximum atomic E-state index is 10.9. The number of ether oxygens (including phenoxy) is 2. The molecule has 1 saturated heterocycles. The van der Waals surface area contributed by atoms with Crippen LogP contribution in [-0.4, -0.2) is 24.2 Å². The van der Waals surface area contributed by atoms with Crippen molar-refractivity contribution in [2.75, 3.05) is 18.6 Å². The van der Waals surface area contributed by atoms with E-state index in [0.29, 0.717) is 17.9 Å². The first kappa shape index (κ1) is 14.7. The lowest BCUT2D eigenvalue weighted by atomic mass is 10.1. The number of nitrogens with zero attached hydrogens (tertiary/aromatic N) is 1. The molecule has 1 unspecified atom stereocenters. The predicted molar refractivity (Wildman–Crippen MR) is 74.2 cm³/mol. The van der Waals surface area contributed by atoms with Crippen molar-refractivity contribution < 1.29 is 14.4 Å². The van der Waals surface area contributed by atoms with Gasteiger partial charge in [-0.3, -0.25) is 16.0 Å². The summed E-state index contributed by atoms with van der Waals surface area (Å²) in [5.41, 5.74) is 3.29. The molecule has 1 aliphatic rings. The first-order chi connectivity index (χ1) is 9.72. The SMILES string of the molecule is NNc1c(COCC2CCCCO2)cccc1[N+](=O)[O-]. The van der Waals surface area contributed by atoms with Crippen LogP contribution in [0.15, 0.2) is 18.2 Å². The number of hydrogen-bond donors (Lipinski definition) is 2. The quantitative estimate of drug-likeness (QED) is 0.470. The van der Waals surface area contributed by atoms with Gasteiger partial charge in [-0.1, -0.05) is 12.1 Å². The van der Waals surface area contributed by atoms with E-state index in [0.717, 1.165) is 25.9 Å². The molecule has 1 aromatic carbocycles. The molecule has 1 aliphatic heterocycles. The van der Waals surface area contributed by atoms with Crippen molar-refractivity contribution in [3.8, 4) is 0 Å². The van der Waals surface area contributed by atoms with Gasteiger partial charge in [0.15, 0.2) is 0 Å². The van der Waals surface area contributed by atoms with Gasteiger partial charge in [0.2, 0.25) is 0 Å². The maximum Gasteiger partial charge on any atom is 0.294 e. The van der Waals surface area contributed by atoms with E-state index in [2.05, 4.69) is 5.43 Å². The third-order valence-electron chi connectivity index (χ3n) is 3.31. The van der Waals surface area contributed by atoms with Gasteiger partial charge in [0, 0.05) is 18.2 Å². The van der Waals surface area contributed by atoms with Crippen LogP contribution in [0.5, 0.6) is 0 Å². The van der Waals surface area contributed by atoms with Gasteiger partial charge in [0.25, 0.3) is 5.69 Å². The summed E-state index contributed by atoms with van der Waals surface area (Å²) in [4.78, 5) is 10.4.